The van der Waals surface area contributed by atoms with Gasteiger partial charge in [0.1, 0.15) is 10.6 Å². The van der Waals surface area contributed by atoms with Crippen LogP contribution in [0.1, 0.15) is 30.1 Å². The van der Waals surface area contributed by atoms with Crippen LogP contribution in [0.3, 0.4) is 0 Å². The number of anilines is 2. The van der Waals surface area contributed by atoms with Gasteiger partial charge in [-0.15, -0.1) is 11.3 Å². The van der Waals surface area contributed by atoms with E-state index in [1.165, 1.54) is 29.1 Å². The number of thiophene rings is 1. The van der Waals surface area contributed by atoms with Crippen molar-refractivity contribution in [2.45, 2.75) is 31.9 Å². The molecule has 0 amide bonds. The van der Waals surface area contributed by atoms with Crippen molar-refractivity contribution in [2.24, 2.45) is 5.84 Å². The van der Waals surface area contributed by atoms with Crippen LogP contribution in [0.25, 0.3) is 21.6 Å². The molecule has 1 aliphatic rings. The molecule has 4 rings (SSSR count). The Morgan fingerprint density at radius 2 is 1.89 bits per heavy atom. The normalized spacial score (nSPS) is 14.0. The first-order valence-corrected chi connectivity index (χ1v) is 9.10. The van der Waals surface area contributed by atoms with Gasteiger partial charge in [0, 0.05) is 35.3 Å². The van der Waals surface area contributed by atoms with Crippen molar-refractivity contribution < 1.29 is 13.2 Å². The summed E-state index contributed by atoms with van der Waals surface area (Å²) in [5.41, 5.74) is 7.32. The summed E-state index contributed by atoms with van der Waals surface area (Å²) in [4.78, 5) is 15.8. The molecule has 0 atom stereocenters. The van der Waals surface area contributed by atoms with Gasteiger partial charge in [-0.05, 0) is 30.9 Å². The molecule has 0 aromatic carbocycles. The van der Waals surface area contributed by atoms with Crippen LogP contribution in [0.4, 0.5) is 24.7 Å². The number of halogens is 3. The summed E-state index contributed by atoms with van der Waals surface area (Å²) in [6.45, 7) is -3.67. The van der Waals surface area contributed by atoms with Crippen LogP contribution in [-0.2, 0) is 0 Å². The SMILES string of the molecule is CN(N)c1cc(-c2ncc3cc(C4CCC4)sc3n2)cnc1N.FC(F)F. The second-order valence-corrected chi connectivity index (χ2v) is 7.28. The monoisotopic (exact) mass is 396 g/mol. The summed E-state index contributed by atoms with van der Waals surface area (Å²) < 4.78 is 29.0. The number of fused-ring (bicyclic) bond motifs is 1. The van der Waals surface area contributed by atoms with Gasteiger partial charge in [-0.1, -0.05) is 6.42 Å². The molecule has 0 unspecified atom stereocenters. The summed E-state index contributed by atoms with van der Waals surface area (Å²) >= 11 is 1.77. The number of hydrogen-bond donors (Lipinski definition) is 2. The molecule has 0 aliphatic heterocycles. The molecule has 27 heavy (non-hydrogen) atoms. The van der Waals surface area contributed by atoms with Crippen LogP contribution in [-0.4, -0.2) is 28.7 Å². The molecule has 6 nitrogen and oxygen atoms in total. The lowest BCUT2D eigenvalue weighted by atomic mass is 9.84. The number of rotatable bonds is 3. The summed E-state index contributed by atoms with van der Waals surface area (Å²) in [7, 11) is 1.73. The zero-order valence-electron chi connectivity index (χ0n) is 14.6. The number of nitrogens with two attached hydrogens (primary N) is 2. The van der Waals surface area contributed by atoms with E-state index in [0.29, 0.717) is 23.2 Å². The minimum Gasteiger partial charge on any atom is -0.382 e. The van der Waals surface area contributed by atoms with E-state index < -0.39 is 6.68 Å². The Bertz CT molecular complexity index is 923. The average Bonchev–Trinajstić information content (AvgIpc) is 2.95. The van der Waals surface area contributed by atoms with Crippen LogP contribution >= 0.6 is 11.3 Å². The maximum atomic E-state index is 9.67. The lowest BCUT2D eigenvalue weighted by molar-refractivity contribution is 0.00819. The number of hydrogen-bond acceptors (Lipinski definition) is 7. The van der Waals surface area contributed by atoms with Gasteiger partial charge in [0.05, 0.1) is 5.69 Å². The van der Waals surface area contributed by atoms with Gasteiger partial charge < -0.3 is 10.7 Å². The molecule has 1 saturated carbocycles. The molecule has 3 heterocycles. The molecule has 3 aromatic rings. The molecule has 3 aromatic heterocycles. The molecule has 0 radical (unpaired) electrons. The Morgan fingerprint density at radius 1 is 1.19 bits per heavy atom. The van der Waals surface area contributed by atoms with Crippen molar-refractivity contribution in [3.63, 3.8) is 0 Å². The fourth-order valence-electron chi connectivity index (χ4n) is 2.75. The predicted octanol–water partition coefficient (Wildman–Crippen LogP) is 4.09. The molecule has 1 aliphatic carbocycles. The lowest BCUT2D eigenvalue weighted by Crippen LogP contribution is -2.26. The van der Waals surface area contributed by atoms with Gasteiger partial charge in [-0.2, -0.15) is 13.2 Å². The van der Waals surface area contributed by atoms with Crippen LogP contribution < -0.4 is 16.6 Å². The van der Waals surface area contributed by atoms with Crippen molar-refractivity contribution in [1.82, 2.24) is 15.0 Å². The first-order chi connectivity index (χ1) is 12.8. The summed E-state index contributed by atoms with van der Waals surface area (Å²) in [5, 5.41) is 2.56. The second-order valence-electron chi connectivity index (χ2n) is 6.22. The van der Waals surface area contributed by atoms with E-state index in [4.69, 9.17) is 16.6 Å². The average molecular weight is 396 g/mol. The maximum absolute atomic E-state index is 9.67. The highest BCUT2D eigenvalue weighted by Gasteiger charge is 2.22. The minimum atomic E-state index is -3.67. The van der Waals surface area contributed by atoms with Gasteiger partial charge in [0.25, 0.3) is 0 Å². The van der Waals surface area contributed by atoms with Gasteiger partial charge in [0.2, 0.25) is 0 Å². The van der Waals surface area contributed by atoms with Gasteiger partial charge in [-0.25, -0.2) is 20.8 Å². The zero-order chi connectivity index (χ0) is 19.6. The number of pyridine rings is 1. The smallest absolute Gasteiger partial charge is 0.379 e. The lowest BCUT2D eigenvalue weighted by Gasteiger charge is -2.23. The number of hydrazine groups is 1. The van der Waals surface area contributed by atoms with Gasteiger partial charge >= 0.3 is 6.68 Å². The molecule has 10 heteroatoms. The molecule has 144 valence electrons. The highest BCUT2D eigenvalue weighted by molar-refractivity contribution is 7.18. The Morgan fingerprint density at radius 3 is 2.48 bits per heavy atom. The number of nitrogen functional groups attached to an aromatic ring is 1. The Hall–Kier alpha value is -2.46. The topological polar surface area (TPSA) is 94.0 Å². The Balaban J connectivity index is 0.000000481. The number of aromatic nitrogens is 3. The quantitative estimate of drug-likeness (QED) is 0.512. The summed E-state index contributed by atoms with van der Waals surface area (Å²) in [6.07, 6.45) is 7.49. The third kappa shape index (κ3) is 4.45. The minimum absolute atomic E-state index is 0.392. The van der Waals surface area contributed by atoms with E-state index in [-0.39, 0.29) is 0 Å². The summed E-state index contributed by atoms with van der Waals surface area (Å²) in [6, 6.07) is 4.10. The van der Waals surface area contributed by atoms with Gasteiger partial charge in [0.15, 0.2) is 5.82 Å². The third-order valence-corrected chi connectivity index (χ3v) is 5.54. The van der Waals surface area contributed by atoms with Crippen LogP contribution in [0.15, 0.2) is 24.5 Å². The van der Waals surface area contributed by atoms with E-state index in [1.54, 1.807) is 24.6 Å². The first kappa shape index (κ1) is 19.3. The molecule has 0 bridgehead atoms. The van der Waals surface area contributed by atoms with E-state index in [0.717, 1.165) is 15.8 Å². The highest BCUT2D eigenvalue weighted by Crippen LogP contribution is 2.41. The fourth-order valence-corrected chi connectivity index (χ4v) is 3.93. The van der Waals surface area contributed by atoms with E-state index >= 15 is 0 Å². The second kappa shape index (κ2) is 8.05. The molecular formula is C17H19F3N6S. The number of nitrogens with zero attached hydrogens (tertiary/aromatic N) is 4. The molecule has 0 spiro atoms. The van der Waals surface area contributed by atoms with E-state index in [1.807, 2.05) is 12.3 Å². The van der Waals surface area contributed by atoms with Crippen molar-refractivity contribution in [3.05, 3.63) is 29.4 Å². The fraction of sp³-hybridized carbons (Fsp3) is 0.353. The van der Waals surface area contributed by atoms with Crippen molar-refractivity contribution in [2.75, 3.05) is 17.8 Å². The van der Waals surface area contributed by atoms with Gasteiger partial charge in [-0.3, -0.25) is 0 Å². The van der Waals surface area contributed by atoms with Crippen LogP contribution in [0, 0.1) is 0 Å². The van der Waals surface area contributed by atoms with Crippen LogP contribution in [0.5, 0.6) is 0 Å². The Labute approximate surface area is 158 Å². The highest BCUT2D eigenvalue weighted by atomic mass is 32.1. The predicted molar refractivity (Wildman–Crippen MR) is 101 cm³/mol. The molecule has 4 N–H and O–H groups in total. The van der Waals surface area contributed by atoms with E-state index in [9.17, 15) is 13.2 Å². The van der Waals surface area contributed by atoms with Crippen LogP contribution in [0.2, 0.25) is 0 Å². The largest absolute Gasteiger partial charge is 0.382 e. The molecule has 1 fully saturated rings. The summed E-state index contributed by atoms with van der Waals surface area (Å²) in [5.74, 6) is 7.54. The first-order valence-electron chi connectivity index (χ1n) is 8.28. The zero-order valence-corrected chi connectivity index (χ0v) is 15.4. The molecular weight excluding hydrogens is 377 g/mol. The number of alkyl halides is 3. The van der Waals surface area contributed by atoms with E-state index in [2.05, 4.69) is 16.0 Å². The standard InChI is InChI=1S/C16H18N6S.CHF3/c1-22(18)12-5-10(7-19-14(12)17)15-20-8-11-6-13(9-3-2-4-9)23-16(11)21-15;2-1(3)4/h5-9H,2-4,18H2,1H3,(H2,17,19);1H. The van der Waals surface area contributed by atoms with Crippen molar-refractivity contribution >= 4 is 33.1 Å². The maximum Gasteiger partial charge on any atom is 0.379 e. The molecule has 0 saturated heterocycles. The van der Waals surface area contributed by atoms with Crippen molar-refractivity contribution in [1.29, 1.82) is 0 Å². The Kier molecular flexibility index (Phi) is 5.76. The third-order valence-electron chi connectivity index (χ3n) is 4.34. The van der Waals surface area contributed by atoms with Crippen molar-refractivity contribution in [3.8, 4) is 11.4 Å².